The lowest BCUT2D eigenvalue weighted by Gasteiger charge is -2.20. The maximum absolute atomic E-state index is 12.5. The lowest BCUT2D eigenvalue weighted by molar-refractivity contribution is -0.117. The molecule has 1 saturated heterocycles. The van der Waals surface area contributed by atoms with E-state index in [1.54, 1.807) is 34.2 Å². The Bertz CT molecular complexity index is 986. The number of urea groups is 1. The van der Waals surface area contributed by atoms with Crippen LogP contribution < -0.4 is 15.5 Å². The van der Waals surface area contributed by atoms with Gasteiger partial charge in [-0.2, -0.15) is 5.10 Å². The molecule has 0 aliphatic carbocycles. The van der Waals surface area contributed by atoms with Gasteiger partial charge in [0.05, 0.1) is 11.4 Å². The molecule has 0 unspecified atom stereocenters. The zero-order valence-electron chi connectivity index (χ0n) is 15.2. The molecule has 0 radical (unpaired) electrons. The van der Waals surface area contributed by atoms with E-state index in [-0.39, 0.29) is 11.9 Å². The second kappa shape index (κ2) is 7.91. The van der Waals surface area contributed by atoms with Crippen molar-refractivity contribution < 1.29 is 9.59 Å². The van der Waals surface area contributed by atoms with Crippen LogP contribution in [-0.4, -0.2) is 33.2 Å². The molecule has 3 aromatic rings. The largest absolute Gasteiger partial charge is 0.334 e. The molecule has 0 saturated carbocycles. The molecule has 4 rings (SSSR count). The fraction of sp³-hybridized carbons (Fsp3) is 0.200. The number of rotatable bonds is 5. The van der Waals surface area contributed by atoms with Crippen molar-refractivity contribution in [2.75, 3.05) is 16.8 Å². The van der Waals surface area contributed by atoms with Crippen molar-refractivity contribution in [3.8, 4) is 5.82 Å². The molecule has 1 aliphatic heterocycles. The maximum atomic E-state index is 12.5. The molecule has 0 spiro atoms. The predicted octanol–water partition coefficient (Wildman–Crippen LogP) is 2.72. The number of para-hydroxylation sites is 2. The number of nitrogens with one attached hydrogen (secondary N) is 2. The minimum atomic E-state index is -0.352. The number of aromatic nitrogens is 3. The Kier molecular flexibility index (Phi) is 5.01. The van der Waals surface area contributed by atoms with E-state index in [4.69, 9.17) is 0 Å². The Balaban J connectivity index is 1.45. The second-order valence-corrected chi connectivity index (χ2v) is 6.41. The third-order valence-electron chi connectivity index (χ3n) is 4.54. The number of nitrogens with zero attached hydrogens (tertiary/aromatic N) is 4. The molecule has 142 valence electrons. The Morgan fingerprint density at radius 3 is 2.79 bits per heavy atom. The fourth-order valence-electron chi connectivity index (χ4n) is 3.23. The molecule has 2 aromatic heterocycles. The van der Waals surface area contributed by atoms with Crippen LogP contribution in [0.5, 0.6) is 0 Å². The molecule has 2 N–H and O–H groups in total. The van der Waals surface area contributed by atoms with Gasteiger partial charge in [0, 0.05) is 43.7 Å². The minimum absolute atomic E-state index is 0.0777. The molecule has 28 heavy (non-hydrogen) atoms. The molecule has 8 nitrogen and oxygen atoms in total. The van der Waals surface area contributed by atoms with E-state index in [1.165, 1.54) is 0 Å². The van der Waals surface area contributed by atoms with Crippen LogP contribution in [0.3, 0.4) is 0 Å². The minimum Gasteiger partial charge on any atom is -0.334 e. The molecule has 1 fully saturated rings. The third-order valence-corrected chi connectivity index (χ3v) is 4.54. The van der Waals surface area contributed by atoms with Gasteiger partial charge >= 0.3 is 6.03 Å². The average Bonchev–Trinajstić information content (AvgIpc) is 3.39. The van der Waals surface area contributed by atoms with Gasteiger partial charge in [-0.05, 0) is 30.7 Å². The van der Waals surface area contributed by atoms with Crippen LogP contribution in [0.25, 0.3) is 5.82 Å². The summed E-state index contributed by atoms with van der Waals surface area (Å²) < 4.78 is 1.66. The van der Waals surface area contributed by atoms with E-state index in [1.807, 2.05) is 36.4 Å². The number of carbonyl (C=O) groups is 2. The molecule has 0 atom stereocenters. The summed E-state index contributed by atoms with van der Waals surface area (Å²) >= 11 is 0. The van der Waals surface area contributed by atoms with Crippen molar-refractivity contribution in [1.82, 2.24) is 20.1 Å². The summed E-state index contributed by atoms with van der Waals surface area (Å²) in [6, 6.07) is 12.5. The SMILES string of the molecule is O=C(NCc1cccnc1-n1cccn1)Nc1ccccc1N1CCCC1=O. The quantitative estimate of drug-likeness (QED) is 0.716. The van der Waals surface area contributed by atoms with Gasteiger partial charge in [0.25, 0.3) is 0 Å². The first-order chi connectivity index (χ1) is 13.7. The Hall–Kier alpha value is -3.68. The van der Waals surface area contributed by atoms with E-state index in [0.29, 0.717) is 31.0 Å². The van der Waals surface area contributed by atoms with Gasteiger partial charge in [-0.3, -0.25) is 4.79 Å². The summed E-state index contributed by atoms with van der Waals surface area (Å²) in [4.78, 5) is 30.6. The zero-order valence-corrected chi connectivity index (χ0v) is 15.2. The molecule has 3 amide bonds. The van der Waals surface area contributed by atoms with Crippen molar-refractivity contribution >= 4 is 23.3 Å². The summed E-state index contributed by atoms with van der Waals surface area (Å²) in [6.45, 7) is 0.960. The molecule has 3 heterocycles. The Morgan fingerprint density at radius 1 is 1.11 bits per heavy atom. The highest BCUT2D eigenvalue weighted by molar-refractivity contribution is 6.01. The standard InChI is InChI=1S/C20H20N6O2/c27-18-9-4-12-25(18)17-8-2-1-7-16(17)24-20(28)22-14-15-6-3-10-21-19(15)26-13-5-11-23-26/h1-3,5-8,10-11,13H,4,9,12,14H2,(H2,22,24,28). The lowest BCUT2D eigenvalue weighted by atomic mass is 10.2. The number of pyridine rings is 1. The predicted molar refractivity (Wildman–Crippen MR) is 105 cm³/mol. The normalized spacial score (nSPS) is 13.6. The van der Waals surface area contributed by atoms with Crippen LogP contribution in [0.4, 0.5) is 16.2 Å². The number of carbonyl (C=O) groups excluding carboxylic acids is 2. The number of hydrogen-bond acceptors (Lipinski definition) is 4. The first kappa shape index (κ1) is 17.7. The molecular weight excluding hydrogens is 356 g/mol. The fourth-order valence-corrected chi connectivity index (χ4v) is 3.23. The smallest absolute Gasteiger partial charge is 0.319 e. The number of anilines is 2. The van der Waals surface area contributed by atoms with Gasteiger partial charge in [0.2, 0.25) is 5.91 Å². The van der Waals surface area contributed by atoms with E-state index >= 15 is 0 Å². The lowest BCUT2D eigenvalue weighted by Crippen LogP contribution is -2.30. The van der Waals surface area contributed by atoms with Crippen LogP contribution in [0.2, 0.25) is 0 Å². The van der Waals surface area contributed by atoms with Gasteiger partial charge < -0.3 is 15.5 Å². The van der Waals surface area contributed by atoms with Crippen molar-refractivity contribution in [2.24, 2.45) is 0 Å². The third kappa shape index (κ3) is 3.71. The van der Waals surface area contributed by atoms with E-state index in [0.717, 1.165) is 17.7 Å². The highest BCUT2D eigenvalue weighted by Crippen LogP contribution is 2.29. The first-order valence-electron chi connectivity index (χ1n) is 9.10. The van der Waals surface area contributed by atoms with Crippen LogP contribution in [-0.2, 0) is 11.3 Å². The molecule has 0 bridgehead atoms. The zero-order chi connectivity index (χ0) is 19.3. The monoisotopic (exact) mass is 376 g/mol. The van der Waals surface area contributed by atoms with E-state index in [9.17, 15) is 9.59 Å². The topological polar surface area (TPSA) is 92.2 Å². The summed E-state index contributed by atoms with van der Waals surface area (Å²) in [5.41, 5.74) is 2.16. The highest BCUT2D eigenvalue weighted by atomic mass is 16.2. The molecule has 8 heteroatoms. The first-order valence-corrected chi connectivity index (χ1v) is 9.10. The van der Waals surface area contributed by atoms with Crippen LogP contribution in [0, 0.1) is 0 Å². The van der Waals surface area contributed by atoms with Gasteiger partial charge in [-0.1, -0.05) is 18.2 Å². The summed E-state index contributed by atoms with van der Waals surface area (Å²) in [7, 11) is 0. The Morgan fingerprint density at radius 2 is 2.00 bits per heavy atom. The van der Waals surface area contributed by atoms with Crippen molar-refractivity contribution in [3.63, 3.8) is 0 Å². The average molecular weight is 376 g/mol. The van der Waals surface area contributed by atoms with Crippen molar-refractivity contribution in [3.05, 3.63) is 66.6 Å². The second-order valence-electron chi connectivity index (χ2n) is 6.41. The van der Waals surface area contributed by atoms with Gasteiger partial charge in [0.15, 0.2) is 5.82 Å². The van der Waals surface area contributed by atoms with Crippen molar-refractivity contribution in [1.29, 1.82) is 0 Å². The van der Waals surface area contributed by atoms with Crippen LogP contribution in [0.1, 0.15) is 18.4 Å². The van der Waals surface area contributed by atoms with Crippen LogP contribution >= 0.6 is 0 Å². The summed E-state index contributed by atoms with van der Waals surface area (Å²) in [6.07, 6.45) is 6.53. The molecule has 1 aliphatic rings. The summed E-state index contributed by atoms with van der Waals surface area (Å²) in [5, 5.41) is 9.88. The van der Waals surface area contributed by atoms with Crippen LogP contribution in [0.15, 0.2) is 61.1 Å². The van der Waals surface area contributed by atoms with Crippen molar-refractivity contribution in [2.45, 2.75) is 19.4 Å². The number of hydrogen-bond donors (Lipinski definition) is 2. The van der Waals surface area contributed by atoms with Gasteiger partial charge in [0.1, 0.15) is 0 Å². The Labute approximate surface area is 162 Å². The van der Waals surface area contributed by atoms with Gasteiger partial charge in [-0.25, -0.2) is 14.5 Å². The van der Waals surface area contributed by atoms with E-state index < -0.39 is 0 Å². The highest BCUT2D eigenvalue weighted by Gasteiger charge is 2.24. The van der Waals surface area contributed by atoms with Gasteiger partial charge in [-0.15, -0.1) is 0 Å². The number of amides is 3. The molecule has 1 aromatic carbocycles. The maximum Gasteiger partial charge on any atom is 0.319 e. The number of benzene rings is 1. The molecular formula is C20H20N6O2. The summed E-state index contributed by atoms with van der Waals surface area (Å²) in [5.74, 6) is 0.741. The van der Waals surface area contributed by atoms with E-state index in [2.05, 4.69) is 20.7 Å².